The second-order valence-corrected chi connectivity index (χ2v) is 10.5. The van der Waals surface area contributed by atoms with E-state index in [2.05, 4.69) is 10.2 Å². The number of likely N-dealkylation sites (tertiary alicyclic amines) is 1. The first-order chi connectivity index (χ1) is 15.5. The number of fused-ring (bicyclic) bond motifs is 1. The van der Waals surface area contributed by atoms with Gasteiger partial charge in [0.25, 0.3) is 5.91 Å². The van der Waals surface area contributed by atoms with E-state index in [-0.39, 0.29) is 30.2 Å². The van der Waals surface area contributed by atoms with Crippen LogP contribution in [0.3, 0.4) is 0 Å². The van der Waals surface area contributed by atoms with Crippen LogP contribution in [0.5, 0.6) is 5.75 Å². The molecular weight excluding hydrogens is 406 g/mol. The highest BCUT2D eigenvalue weighted by Gasteiger charge is 2.50. The third kappa shape index (κ3) is 3.33. The minimum atomic E-state index is -0.579. The molecule has 7 heteroatoms. The largest absolute Gasteiger partial charge is 0.489 e. The number of carbonyl (C=O) groups is 3. The molecule has 1 aromatic rings. The third-order valence-electron chi connectivity index (χ3n) is 8.41. The monoisotopic (exact) mass is 437 g/mol. The number of ether oxygens (including phenoxy) is 1. The van der Waals surface area contributed by atoms with E-state index in [0.717, 1.165) is 17.7 Å². The summed E-state index contributed by atoms with van der Waals surface area (Å²) in [6.07, 6.45) is 9.78. The zero-order valence-corrected chi connectivity index (χ0v) is 18.5. The molecule has 3 aliphatic heterocycles. The van der Waals surface area contributed by atoms with E-state index in [1.54, 1.807) is 4.90 Å². The summed E-state index contributed by atoms with van der Waals surface area (Å²) in [6.45, 7) is 2.86. The number of hydrogen-bond donors (Lipinski definition) is 1. The van der Waals surface area contributed by atoms with Gasteiger partial charge in [-0.15, -0.1) is 0 Å². The highest BCUT2D eigenvalue weighted by molar-refractivity contribution is 6.05. The number of carbonyl (C=O) groups excluding carboxylic acids is 3. The van der Waals surface area contributed by atoms with Crippen LogP contribution in [0.15, 0.2) is 18.2 Å². The zero-order chi connectivity index (χ0) is 21.9. The van der Waals surface area contributed by atoms with Crippen molar-refractivity contribution in [3.63, 3.8) is 0 Å². The summed E-state index contributed by atoms with van der Waals surface area (Å²) in [5.41, 5.74) is 2.16. The smallest absolute Gasteiger partial charge is 0.255 e. The minimum Gasteiger partial charge on any atom is -0.489 e. The first-order valence-corrected chi connectivity index (χ1v) is 12.2. The van der Waals surface area contributed by atoms with Gasteiger partial charge < -0.3 is 9.64 Å². The summed E-state index contributed by atoms with van der Waals surface area (Å²) in [5, 5.41) is 2.36. The topological polar surface area (TPSA) is 79.0 Å². The Balaban J connectivity index is 1.14. The molecule has 3 heterocycles. The molecule has 1 spiro atoms. The average molecular weight is 438 g/mol. The molecule has 4 fully saturated rings. The third-order valence-corrected chi connectivity index (χ3v) is 8.41. The standard InChI is InChI=1S/C25H31N3O4/c29-22-9-8-20(23(30)26-22)28-13-16-12-17(6-7-18(16)24(28)31)32-21-5-2-1-4-19(21)27-14-25(15-27)10-3-11-25/h6-7,12,19-21H,1-5,8-11,13-15H2,(H,26,29,30). The maximum absolute atomic E-state index is 12.9. The fourth-order valence-corrected chi connectivity index (χ4v) is 6.47. The first kappa shape index (κ1) is 20.2. The van der Waals surface area contributed by atoms with Crippen molar-refractivity contribution in [1.82, 2.24) is 15.1 Å². The Morgan fingerprint density at radius 1 is 1.00 bits per heavy atom. The molecular formula is C25H31N3O4. The minimum absolute atomic E-state index is 0.136. The van der Waals surface area contributed by atoms with E-state index in [1.807, 2.05) is 18.2 Å². The van der Waals surface area contributed by atoms with Crippen molar-refractivity contribution >= 4 is 17.7 Å². The van der Waals surface area contributed by atoms with Gasteiger partial charge in [-0.1, -0.05) is 12.8 Å². The molecule has 7 nitrogen and oxygen atoms in total. The van der Waals surface area contributed by atoms with Gasteiger partial charge in [-0.25, -0.2) is 0 Å². The lowest BCUT2D eigenvalue weighted by atomic mass is 9.62. The molecule has 1 N–H and O–H groups in total. The van der Waals surface area contributed by atoms with E-state index < -0.39 is 6.04 Å². The summed E-state index contributed by atoms with van der Waals surface area (Å²) < 4.78 is 6.53. The molecule has 3 atom stereocenters. The Labute approximate surface area is 188 Å². The van der Waals surface area contributed by atoms with Crippen molar-refractivity contribution in [2.45, 2.75) is 82.5 Å². The van der Waals surface area contributed by atoms with Gasteiger partial charge >= 0.3 is 0 Å². The van der Waals surface area contributed by atoms with Gasteiger partial charge in [0.05, 0.1) is 0 Å². The van der Waals surface area contributed by atoms with Crippen LogP contribution in [0.1, 0.15) is 73.7 Å². The molecule has 32 heavy (non-hydrogen) atoms. The van der Waals surface area contributed by atoms with Gasteiger partial charge in [0.15, 0.2) is 0 Å². The highest BCUT2D eigenvalue weighted by Crippen LogP contribution is 2.50. The van der Waals surface area contributed by atoms with Gasteiger partial charge in [0.2, 0.25) is 11.8 Å². The fourth-order valence-electron chi connectivity index (χ4n) is 6.47. The van der Waals surface area contributed by atoms with Crippen LogP contribution in [0.2, 0.25) is 0 Å². The SMILES string of the molecule is O=C1CCC(N2Cc3cc(OC4CCCCC4N4CC5(CCC5)C4)ccc3C2=O)C(=O)N1. The van der Waals surface area contributed by atoms with Crippen LogP contribution in [-0.2, 0) is 16.1 Å². The number of hydrogen-bond acceptors (Lipinski definition) is 5. The molecule has 170 valence electrons. The van der Waals surface area contributed by atoms with Gasteiger partial charge in [0, 0.05) is 37.7 Å². The summed E-state index contributed by atoms with van der Waals surface area (Å²) in [6, 6.07) is 5.63. The van der Waals surface area contributed by atoms with Crippen LogP contribution < -0.4 is 10.1 Å². The van der Waals surface area contributed by atoms with Crippen molar-refractivity contribution in [1.29, 1.82) is 0 Å². The Bertz CT molecular complexity index is 964. The fraction of sp³-hybridized carbons (Fsp3) is 0.640. The molecule has 2 saturated heterocycles. The van der Waals surface area contributed by atoms with Crippen LogP contribution >= 0.6 is 0 Å². The van der Waals surface area contributed by atoms with E-state index in [0.29, 0.717) is 30.0 Å². The van der Waals surface area contributed by atoms with E-state index in [4.69, 9.17) is 4.74 Å². The normalized spacial score (nSPS) is 31.7. The lowest BCUT2D eigenvalue weighted by Gasteiger charge is -2.59. The Hall–Kier alpha value is -2.41. The Kier molecular flexibility index (Phi) is 4.79. The van der Waals surface area contributed by atoms with Crippen molar-refractivity contribution in [2.24, 2.45) is 5.41 Å². The number of piperidine rings is 1. The second kappa shape index (κ2) is 7.58. The number of benzene rings is 1. The molecule has 3 amide bonds. The zero-order valence-electron chi connectivity index (χ0n) is 18.5. The predicted octanol–water partition coefficient (Wildman–Crippen LogP) is 2.62. The maximum atomic E-state index is 12.9. The highest BCUT2D eigenvalue weighted by atomic mass is 16.5. The first-order valence-electron chi connectivity index (χ1n) is 12.2. The quantitative estimate of drug-likeness (QED) is 0.733. The number of imide groups is 1. The van der Waals surface area contributed by atoms with Crippen molar-refractivity contribution < 1.29 is 19.1 Å². The molecule has 1 aromatic carbocycles. The van der Waals surface area contributed by atoms with Crippen molar-refractivity contribution in [3.05, 3.63) is 29.3 Å². The van der Waals surface area contributed by atoms with Crippen LogP contribution in [-0.4, -0.2) is 58.8 Å². The molecule has 5 aliphatic rings. The van der Waals surface area contributed by atoms with Crippen molar-refractivity contribution in [3.8, 4) is 5.75 Å². The van der Waals surface area contributed by atoms with Gasteiger partial charge in [0.1, 0.15) is 17.9 Å². The average Bonchev–Trinajstić information content (AvgIpc) is 3.03. The van der Waals surface area contributed by atoms with Crippen molar-refractivity contribution in [2.75, 3.05) is 13.1 Å². The van der Waals surface area contributed by atoms with Crippen LogP contribution in [0.25, 0.3) is 0 Å². The number of rotatable bonds is 4. The summed E-state index contributed by atoms with van der Waals surface area (Å²) in [7, 11) is 0. The molecule has 6 rings (SSSR count). The molecule has 3 unspecified atom stereocenters. The molecule has 2 saturated carbocycles. The van der Waals surface area contributed by atoms with Crippen LogP contribution in [0.4, 0.5) is 0 Å². The predicted molar refractivity (Wildman–Crippen MR) is 117 cm³/mol. The van der Waals surface area contributed by atoms with Crippen LogP contribution in [0, 0.1) is 5.41 Å². The van der Waals surface area contributed by atoms with E-state index >= 15 is 0 Å². The second-order valence-electron chi connectivity index (χ2n) is 10.5. The summed E-state index contributed by atoms with van der Waals surface area (Å²) >= 11 is 0. The molecule has 0 radical (unpaired) electrons. The van der Waals surface area contributed by atoms with E-state index in [1.165, 1.54) is 51.6 Å². The van der Waals surface area contributed by atoms with Gasteiger partial charge in [-0.05, 0) is 67.7 Å². The lowest BCUT2D eigenvalue weighted by Crippen LogP contribution is -2.65. The Morgan fingerprint density at radius 2 is 1.81 bits per heavy atom. The maximum Gasteiger partial charge on any atom is 0.255 e. The van der Waals surface area contributed by atoms with Gasteiger partial charge in [-0.2, -0.15) is 0 Å². The molecule has 0 bridgehead atoms. The molecule has 2 aliphatic carbocycles. The number of nitrogens with one attached hydrogen (secondary N) is 1. The van der Waals surface area contributed by atoms with Gasteiger partial charge in [-0.3, -0.25) is 24.6 Å². The van der Waals surface area contributed by atoms with E-state index in [9.17, 15) is 14.4 Å². The number of nitrogens with zero attached hydrogens (tertiary/aromatic N) is 2. The molecule has 0 aromatic heterocycles. The lowest BCUT2D eigenvalue weighted by molar-refractivity contribution is -0.136. The number of amides is 3. The summed E-state index contributed by atoms with van der Waals surface area (Å²) in [4.78, 5) is 40.9. The Morgan fingerprint density at radius 3 is 2.56 bits per heavy atom. The summed E-state index contributed by atoms with van der Waals surface area (Å²) in [5.74, 6) is 0.0432.